The van der Waals surface area contributed by atoms with E-state index in [1.54, 1.807) is 6.07 Å². The lowest BCUT2D eigenvalue weighted by Gasteiger charge is -2.08. The third kappa shape index (κ3) is 2.00. The largest absolute Gasteiger partial charge is 0.493 e. The maximum atomic E-state index is 5.53. The molecule has 0 bridgehead atoms. The second kappa shape index (κ2) is 4.26. The Morgan fingerprint density at radius 2 is 2.19 bits per heavy atom. The number of hydrogen-bond donors (Lipinski definition) is 1. The summed E-state index contributed by atoms with van der Waals surface area (Å²) in [5, 5.41) is 3.67. The van der Waals surface area contributed by atoms with Crippen LogP contribution < -0.4 is 10.5 Å². The molecule has 0 aliphatic carbocycles. The van der Waals surface area contributed by atoms with E-state index in [2.05, 4.69) is 5.16 Å². The molecular formula is C12H14N2O2. The van der Waals surface area contributed by atoms with Crippen molar-refractivity contribution >= 4 is 5.82 Å². The van der Waals surface area contributed by atoms with Crippen LogP contribution in [0.4, 0.5) is 5.82 Å². The normalized spacial score (nSPS) is 10.4. The monoisotopic (exact) mass is 218 g/mol. The number of ether oxygens (including phenoxy) is 1. The first kappa shape index (κ1) is 10.5. The fourth-order valence-corrected chi connectivity index (χ4v) is 1.53. The van der Waals surface area contributed by atoms with E-state index in [9.17, 15) is 0 Å². The first-order valence-electron chi connectivity index (χ1n) is 5.16. The minimum absolute atomic E-state index is 0.374. The van der Waals surface area contributed by atoms with E-state index < -0.39 is 0 Å². The number of aryl methyl sites for hydroxylation is 1. The van der Waals surface area contributed by atoms with Crippen LogP contribution in [0.15, 0.2) is 28.8 Å². The molecule has 0 fully saturated rings. The standard InChI is InChI=1S/C12H14N2O2/c1-3-15-10-5-4-8(2)6-9(10)11-7-12(13)14-16-11/h4-7H,3H2,1-2H3,(H2,13,14). The summed E-state index contributed by atoms with van der Waals surface area (Å²) in [6.45, 7) is 4.57. The summed E-state index contributed by atoms with van der Waals surface area (Å²) in [6, 6.07) is 7.60. The van der Waals surface area contributed by atoms with Crippen LogP contribution in [0.25, 0.3) is 11.3 Å². The summed E-state index contributed by atoms with van der Waals surface area (Å²) < 4.78 is 10.7. The van der Waals surface area contributed by atoms with Crippen LogP contribution in [0.3, 0.4) is 0 Å². The number of nitrogens with two attached hydrogens (primary N) is 1. The topological polar surface area (TPSA) is 61.3 Å². The van der Waals surface area contributed by atoms with Crippen molar-refractivity contribution in [3.05, 3.63) is 29.8 Å². The van der Waals surface area contributed by atoms with Crippen LogP contribution in [0, 0.1) is 6.92 Å². The molecule has 16 heavy (non-hydrogen) atoms. The van der Waals surface area contributed by atoms with Crippen molar-refractivity contribution in [2.75, 3.05) is 12.3 Å². The Morgan fingerprint density at radius 3 is 2.81 bits per heavy atom. The lowest BCUT2D eigenvalue weighted by Crippen LogP contribution is -1.94. The highest BCUT2D eigenvalue weighted by Crippen LogP contribution is 2.31. The van der Waals surface area contributed by atoms with Crippen LogP contribution in [-0.4, -0.2) is 11.8 Å². The molecule has 4 heteroatoms. The third-order valence-corrected chi connectivity index (χ3v) is 2.23. The van der Waals surface area contributed by atoms with Gasteiger partial charge in [0.05, 0.1) is 12.2 Å². The van der Waals surface area contributed by atoms with Gasteiger partial charge in [0, 0.05) is 6.07 Å². The number of anilines is 1. The number of aromatic nitrogens is 1. The highest BCUT2D eigenvalue weighted by atomic mass is 16.5. The van der Waals surface area contributed by atoms with Crippen LogP contribution >= 0.6 is 0 Å². The first-order valence-corrected chi connectivity index (χ1v) is 5.16. The van der Waals surface area contributed by atoms with Gasteiger partial charge in [0.1, 0.15) is 5.75 Å². The summed E-state index contributed by atoms with van der Waals surface area (Å²) in [4.78, 5) is 0. The molecule has 1 heterocycles. The van der Waals surface area contributed by atoms with Gasteiger partial charge in [-0.3, -0.25) is 0 Å². The molecule has 84 valence electrons. The molecule has 0 saturated carbocycles. The summed E-state index contributed by atoms with van der Waals surface area (Å²) in [5.41, 5.74) is 7.55. The second-order valence-electron chi connectivity index (χ2n) is 3.55. The van der Waals surface area contributed by atoms with Crippen LogP contribution in [-0.2, 0) is 0 Å². The second-order valence-corrected chi connectivity index (χ2v) is 3.55. The van der Waals surface area contributed by atoms with Crippen LogP contribution in [0.1, 0.15) is 12.5 Å². The van der Waals surface area contributed by atoms with Crippen LogP contribution in [0.2, 0.25) is 0 Å². The summed E-state index contributed by atoms with van der Waals surface area (Å²) in [5.74, 6) is 1.79. The minimum atomic E-state index is 0.374. The molecule has 0 radical (unpaired) electrons. The van der Waals surface area contributed by atoms with Crippen molar-refractivity contribution in [3.63, 3.8) is 0 Å². The predicted octanol–water partition coefficient (Wildman–Crippen LogP) is 2.63. The summed E-state index contributed by atoms with van der Waals surface area (Å²) >= 11 is 0. The molecule has 2 rings (SSSR count). The average molecular weight is 218 g/mol. The molecule has 0 unspecified atom stereocenters. The van der Waals surface area contributed by atoms with Gasteiger partial charge < -0.3 is 15.0 Å². The van der Waals surface area contributed by atoms with Crippen molar-refractivity contribution in [1.82, 2.24) is 5.16 Å². The van der Waals surface area contributed by atoms with Crippen molar-refractivity contribution in [3.8, 4) is 17.1 Å². The molecule has 2 N–H and O–H groups in total. The molecule has 0 aliphatic heterocycles. The molecule has 0 amide bonds. The highest BCUT2D eigenvalue weighted by Gasteiger charge is 2.11. The molecule has 0 spiro atoms. The van der Waals surface area contributed by atoms with Gasteiger partial charge in [-0.15, -0.1) is 0 Å². The smallest absolute Gasteiger partial charge is 0.172 e. The molecule has 1 aromatic heterocycles. The Labute approximate surface area is 94.0 Å². The quantitative estimate of drug-likeness (QED) is 0.860. The Bertz CT molecular complexity index is 492. The lowest BCUT2D eigenvalue weighted by molar-refractivity contribution is 0.339. The zero-order chi connectivity index (χ0) is 11.5. The van der Waals surface area contributed by atoms with Crippen molar-refractivity contribution < 1.29 is 9.26 Å². The van der Waals surface area contributed by atoms with Gasteiger partial charge in [-0.05, 0) is 26.0 Å². The van der Waals surface area contributed by atoms with Gasteiger partial charge in [-0.25, -0.2) is 0 Å². The van der Waals surface area contributed by atoms with E-state index in [1.165, 1.54) is 0 Å². The molecule has 0 atom stereocenters. The molecule has 2 aromatic rings. The van der Waals surface area contributed by atoms with Gasteiger partial charge in [-0.2, -0.15) is 0 Å². The maximum Gasteiger partial charge on any atom is 0.172 e. The van der Waals surface area contributed by atoms with E-state index in [0.717, 1.165) is 16.9 Å². The Kier molecular flexibility index (Phi) is 2.81. The minimum Gasteiger partial charge on any atom is -0.493 e. The fourth-order valence-electron chi connectivity index (χ4n) is 1.53. The van der Waals surface area contributed by atoms with Crippen molar-refractivity contribution in [2.45, 2.75) is 13.8 Å². The molecule has 4 nitrogen and oxygen atoms in total. The van der Waals surface area contributed by atoms with E-state index in [-0.39, 0.29) is 0 Å². The number of nitrogens with zero attached hydrogens (tertiary/aromatic N) is 1. The number of rotatable bonds is 3. The Hall–Kier alpha value is -1.97. The highest BCUT2D eigenvalue weighted by molar-refractivity contribution is 5.68. The van der Waals surface area contributed by atoms with Gasteiger partial charge >= 0.3 is 0 Å². The van der Waals surface area contributed by atoms with Crippen LogP contribution in [0.5, 0.6) is 5.75 Å². The third-order valence-electron chi connectivity index (χ3n) is 2.23. The Morgan fingerprint density at radius 1 is 1.38 bits per heavy atom. The maximum absolute atomic E-state index is 5.53. The lowest BCUT2D eigenvalue weighted by atomic mass is 10.1. The van der Waals surface area contributed by atoms with E-state index in [1.807, 2.05) is 32.0 Å². The van der Waals surface area contributed by atoms with E-state index in [0.29, 0.717) is 18.2 Å². The van der Waals surface area contributed by atoms with E-state index in [4.69, 9.17) is 15.0 Å². The average Bonchev–Trinajstić information content (AvgIpc) is 2.68. The summed E-state index contributed by atoms with van der Waals surface area (Å²) in [7, 11) is 0. The SMILES string of the molecule is CCOc1ccc(C)cc1-c1cc(N)no1. The van der Waals surface area contributed by atoms with Crippen molar-refractivity contribution in [1.29, 1.82) is 0 Å². The van der Waals surface area contributed by atoms with Gasteiger partial charge in [-0.1, -0.05) is 16.8 Å². The zero-order valence-corrected chi connectivity index (χ0v) is 9.36. The van der Waals surface area contributed by atoms with Gasteiger partial charge in [0.2, 0.25) is 0 Å². The molecule has 1 aromatic carbocycles. The number of hydrogen-bond acceptors (Lipinski definition) is 4. The first-order chi connectivity index (χ1) is 7.70. The van der Waals surface area contributed by atoms with E-state index >= 15 is 0 Å². The fraction of sp³-hybridized carbons (Fsp3) is 0.250. The molecule has 0 aliphatic rings. The van der Waals surface area contributed by atoms with Gasteiger partial charge in [0.25, 0.3) is 0 Å². The number of nitrogen functional groups attached to an aromatic ring is 1. The molecular weight excluding hydrogens is 204 g/mol. The summed E-state index contributed by atoms with van der Waals surface area (Å²) in [6.07, 6.45) is 0. The predicted molar refractivity (Wildman–Crippen MR) is 62.3 cm³/mol. The molecule has 0 saturated heterocycles. The van der Waals surface area contributed by atoms with Crippen molar-refractivity contribution in [2.24, 2.45) is 0 Å². The van der Waals surface area contributed by atoms with Gasteiger partial charge in [0.15, 0.2) is 11.6 Å². The zero-order valence-electron chi connectivity index (χ0n) is 9.36. The number of benzene rings is 1. The Balaban J connectivity index is 2.48.